The van der Waals surface area contributed by atoms with Crippen LogP contribution in [-0.2, 0) is 0 Å². The van der Waals surface area contributed by atoms with Gasteiger partial charge in [-0.15, -0.1) is 0 Å². The second-order valence-electron chi connectivity index (χ2n) is 3.39. The van der Waals surface area contributed by atoms with Crippen LogP contribution in [0.15, 0.2) is 6.20 Å². The summed E-state index contributed by atoms with van der Waals surface area (Å²) in [6.07, 6.45) is 2.56. The highest BCUT2D eigenvalue weighted by molar-refractivity contribution is 9.09. The Morgan fingerprint density at radius 1 is 1.60 bits per heavy atom. The Bertz CT molecular complexity index is 318. The lowest BCUT2D eigenvalue weighted by atomic mass is 10.2. The van der Waals surface area contributed by atoms with Crippen LogP contribution in [0.2, 0.25) is 0 Å². The molecule has 0 aromatic carbocycles. The van der Waals surface area contributed by atoms with Crippen molar-refractivity contribution in [2.75, 3.05) is 18.4 Å². The molecular formula is C10H16BrN3O. The first-order valence-corrected chi connectivity index (χ1v) is 6.18. The van der Waals surface area contributed by atoms with E-state index >= 15 is 0 Å². The molecule has 0 unspecified atom stereocenters. The summed E-state index contributed by atoms with van der Waals surface area (Å²) in [5.74, 6) is 0.0579. The fourth-order valence-electron chi connectivity index (χ4n) is 1.42. The zero-order chi connectivity index (χ0) is 11.3. The van der Waals surface area contributed by atoms with Crippen molar-refractivity contribution in [2.45, 2.75) is 20.3 Å². The molecule has 1 aromatic heterocycles. The Morgan fingerprint density at radius 3 is 2.80 bits per heavy atom. The second kappa shape index (κ2) is 5.90. The van der Waals surface area contributed by atoms with E-state index in [0.29, 0.717) is 5.56 Å². The molecule has 0 atom stereocenters. The molecule has 0 aliphatic rings. The van der Waals surface area contributed by atoms with Crippen LogP contribution in [0.3, 0.4) is 0 Å². The summed E-state index contributed by atoms with van der Waals surface area (Å²) in [7, 11) is 0. The van der Waals surface area contributed by atoms with Crippen LogP contribution in [0.5, 0.6) is 0 Å². The molecule has 84 valence electrons. The minimum absolute atomic E-state index is 0.0579. The molecule has 0 saturated heterocycles. The first-order chi connectivity index (χ1) is 7.20. The van der Waals surface area contributed by atoms with Crippen molar-refractivity contribution in [3.8, 4) is 0 Å². The molecule has 0 fully saturated rings. The lowest BCUT2D eigenvalue weighted by Crippen LogP contribution is -2.33. The number of hydrogen-bond acceptors (Lipinski definition) is 2. The molecule has 4 nitrogen and oxygen atoms in total. The molecule has 1 aromatic rings. The van der Waals surface area contributed by atoms with E-state index in [-0.39, 0.29) is 5.91 Å². The van der Waals surface area contributed by atoms with Crippen LogP contribution in [0.4, 0.5) is 0 Å². The molecular weight excluding hydrogens is 258 g/mol. The summed E-state index contributed by atoms with van der Waals surface area (Å²) in [4.78, 5) is 13.9. The first kappa shape index (κ1) is 12.2. The Hall–Kier alpha value is -0.840. The number of amides is 1. The number of aromatic amines is 1. The Morgan fingerprint density at radius 2 is 2.33 bits per heavy atom. The van der Waals surface area contributed by atoms with Crippen LogP contribution < -0.4 is 0 Å². The van der Waals surface area contributed by atoms with Gasteiger partial charge in [0.05, 0.1) is 11.8 Å². The number of nitrogens with zero attached hydrogens (tertiary/aromatic N) is 2. The van der Waals surface area contributed by atoms with Gasteiger partial charge in [-0.05, 0) is 13.3 Å². The molecule has 0 saturated carbocycles. The summed E-state index contributed by atoms with van der Waals surface area (Å²) in [5, 5.41) is 7.44. The summed E-state index contributed by atoms with van der Waals surface area (Å²) in [6.45, 7) is 5.45. The predicted octanol–water partition coefficient (Wildman–Crippen LogP) is 1.97. The molecule has 1 rings (SSSR count). The largest absolute Gasteiger partial charge is 0.338 e. The minimum atomic E-state index is 0.0579. The van der Waals surface area contributed by atoms with Crippen LogP contribution in [0.25, 0.3) is 0 Å². The van der Waals surface area contributed by atoms with Gasteiger partial charge in [-0.3, -0.25) is 9.89 Å². The molecule has 1 heterocycles. The van der Waals surface area contributed by atoms with Gasteiger partial charge in [-0.2, -0.15) is 5.10 Å². The fourth-order valence-corrected chi connectivity index (χ4v) is 1.85. The molecule has 0 spiro atoms. The zero-order valence-electron chi connectivity index (χ0n) is 9.09. The van der Waals surface area contributed by atoms with E-state index in [4.69, 9.17) is 0 Å². The third kappa shape index (κ3) is 3.06. The number of aryl methyl sites for hydroxylation is 1. The Kier molecular flexibility index (Phi) is 4.81. The summed E-state index contributed by atoms with van der Waals surface area (Å²) in [5.41, 5.74) is 1.50. The number of hydrogen-bond donors (Lipinski definition) is 1. The monoisotopic (exact) mass is 273 g/mol. The highest BCUT2D eigenvalue weighted by Crippen LogP contribution is 2.08. The van der Waals surface area contributed by atoms with Crippen molar-refractivity contribution >= 4 is 21.8 Å². The van der Waals surface area contributed by atoms with E-state index in [2.05, 4.69) is 33.1 Å². The number of carbonyl (C=O) groups excluding carboxylic acids is 1. The van der Waals surface area contributed by atoms with E-state index < -0.39 is 0 Å². The number of alkyl halides is 1. The molecule has 1 amide bonds. The Balaban J connectivity index is 2.76. The van der Waals surface area contributed by atoms with Gasteiger partial charge in [0.25, 0.3) is 5.91 Å². The van der Waals surface area contributed by atoms with Crippen LogP contribution in [-0.4, -0.2) is 39.4 Å². The molecule has 5 heteroatoms. The lowest BCUT2D eigenvalue weighted by Gasteiger charge is -2.20. The van der Waals surface area contributed by atoms with Gasteiger partial charge >= 0.3 is 0 Å². The van der Waals surface area contributed by atoms with Gasteiger partial charge in [-0.1, -0.05) is 22.9 Å². The second-order valence-corrected chi connectivity index (χ2v) is 4.18. The predicted molar refractivity (Wildman–Crippen MR) is 63.3 cm³/mol. The van der Waals surface area contributed by atoms with Gasteiger partial charge in [0, 0.05) is 24.1 Å². The number of rotatable bonds is 5. The van der Waals surface area contributed by atoms with Crippen molar-refractivity contribution in [3.05, 3.63) is 17.5 Å². The molecule has 0 aliphatic carbocycles. The lowest BCUT2D eigenvalue weighted by molar-refractivity contribution is 0.0766. The maximum absolute atomic E-state index is 12.1. The molecule has 15 heavy (non-hydrogen) atoms. The van der Waals surface area contributed by atoms with Crippen molar-refractivity contribution in [1.29, 1.82) is 0 Å². The third-order valence-electron chi connectivity index (χ3n) is 2.20. The normalized spacial score (nSPS) is 10.3. The number of halogens is 1. The van der Waals surface area contributed by atoms with E-state index in [0.717, 1.165) is 30.5 Å². The maximum Gasteiger partial charge on any atom is 0.257 e. The van der Waals surface area contributed by atoms with Gasteiger partial charge in [0.1, 0.15) is 0 Å². The number of carbonyl (C=O) groups is 1. The average Bonchev–Trinajstić information content (AvgIpc) is 2.63. The zero-order valence-corrected chi connectivity index (χ0v) is 10.7. The van der Waals surface area contributed by atoms with Gasteiger partial charge in [0.2, 0.25) is 0 Å². The number of H-pyrrole nitrogens is 1. The summed E-state index contributed by atoms with van der Waals surface area (Å²) >= 11 is 3.35. The quantitative estimate of drug-likeness (QED) is 0.834. The van der Waals surface area contributed by atoms with Crippen LogP contribution >= 0.6 is 15.9 Å². The highest BCUT2D eigenvalue weighted by atomic mass is 79.9. The van der Waals surface area contributed by atoms with E-state index in [1.807, 2.05) is 11.8 Å². The summed E-state index contributed by atoms with van der Waals surface area (Å²) < 4.78 is 0. The molecule has 0 bridgehead atoms. The van der Waals surface area contributed by atoms with Gasteiger partial charge in [-0.25, -0.2) is 0 Å². The van der Waals surface area contributed by atoms with Crippen LogP contribution in [0.1, 0.15) is 29.4 Å². The maximum atomic E-state index is 12.1. The standard InChI is InChI=1S/C10H16BrN3O/c1-3-5-14(6-4-11)10(15)9-7-12-13-8(9)2/h7H,3-6H2,1-2H3,(H,12,13). The van der Waals surface area contributed by atoms with Crippen molar-refractivity contribution in [2.24, 2.45) is 0 Å². The van der Waals surface area contributed by atoms with Gasteiger partial charge < -0.3 is 4.90 Å². The Labute approximate surface area is 98.2 Å². The average molecular weight is 274 g/mol. The van der Waals surface area contributed by atoms with Crippen molar-refractivity contribution in [1.82, 2.24) is 15.1 Å². The van der Waals surface area contributed by atoms with E-state index in [1.54, 1.807) is 6.20 Å². The molecule has 0 radical (unpaired) electrons. The number of nitrogens with one attached hydrogen (secondary N) is 1. The molecule has 0 aliphatic heterocycles. The van der Waals surface area contributed by atoms with E-state index in [1.165, 1.54) is 0 Å². The smallest absolute Gasteiger partial charge is 0.257 e. The third-order valence-corrected chi connectivity index (χ3v) is 2.55. The summed E-state index contributed by atoms with van der Waals surface area (Å²) in [6, 6.07) is 0. The first-order valence-electron chi connectivity index (χ1n) is 5.06. The van der Waals surface area contributed by atoms with Gasteiger partial charge in [0.15, 0.2) is 0 Å². The topological polar surface area (TPSA) is 49.0 Å². The van der Waals surface area contributed by atoms with Crippen molar-refractivity contribution < 1.29 is 4.79 Å². The minimum Gasteiger partial charge on any atom is -0.338 e. The SMILES string of the molecule is CCCN(CCBr)C(=O)c1cn[nH]c1C. The number of aromatic nitrogens is 2. The highest BCUT2D eigenvalue weighted by Gasteiger charge is 2.17. The van der Waals surface area contributed by atoms with Crippen molar-refractivity contribution in [3.63, 3.8) is 0 Å². The fraction of sp³-hybridized carbons (Fsp3) is 0.600. The van der Waals surface area contributed by atoms with E-state index in [9.17, 15) is 4.79 Å². The van der Waals surface area contributed by atoms with Crippen LogP contribution in [0, 0.1) is 6.92 Å². The molecule has 1 N–H and O–H groups in total.